The molecule has 0 saturated heterocycles. The lowest BCUT2D eigenvalue weighted by atomic mass is 9.58. The number of hydrogen-bond acceptors (Lipinski definition) is 1. The fraction of sp³-hybridized carbons (Fsp3) is 1.00. The van der Waals surface area contributed by atoms with Gasteiger partial charge in [-0.2, -0.15) is 0 Å². The van der Waals surface area contributed by atoms with Gasteiger partial charge in [-0.25, -0.2) is 0 Å². The van der Waals surface area contributed by atoms with E-state index in [1.807, 2.05) is 0 Å². The van der Waals surface area contributed by atoms with Gasteiger partial charge in [0.15, 0.2) is 0 Å². The minimum Gasteiger partial charge on any atom is -0.314 e. The summed E-state index contributed by atoms with van der Waals surface area (Å²) in [7, 11) is 0. The second-order valence-corrected chi connectivity index (χ2v) is 8.17. The monoisotopic (exact) mass is 309 g/mol. The van der Waals surface area contributed by atoms with Crippen molar-refractivity contribution in [1.82, 2.24) is 5.32 Å². The van der Waals surface area contributed by atoms with Crippen LogP contribution >= 0.6 is 0 Å². The van der Waals surface area contributed by atoms with E-state index < -0.39 is 0 Å². The van der Waals surface area contributed by atoms with Gasteiger partial charge in [-0.1, -0.05) is 66.7 Å². The average Bonchev–Trinajstić information content (AvgIpc) is 2.51. The van der Waals surface area contributed by atoms with Crippen LogP contribution in [0.2, 0.25) is 0 Å². The minimum absolute atomic E-state index is 0.663. The van der Waals surface area contributed by atoms with Gasteiger partial charge in [0.1, 0.15) is 0 Å². The van der Waals surface area contributed by atoms with Gasteiger partial charge >= 0.3 is 0 Å². The zero-order valence-corrected chi connectivity index (χ0v) is 16.3. The van der Waals surface area contributed by atoms with Crippen molar-refractivity contribution in [2.75, 3.05) is 6.54 Å². The first-order chi connectivity index (χ1) is 10.5. The van der Waals surface area contributed by atoms with Crippen molar-refractivity contribution in [3.05, 3.63) is 0 Å². The average molecular weight is 310 g/mol. The summed E-state index contributed by atoms with van der Waals surface area (Å²) in [4.78, 5) is 0. The fourth-order valence-corrected chi connectivity index (χ4v) is 4.54. The van der Waals surface area contributed by atoms with Gasteiger partial charge in [-0.3, -0.25) is 0 Å². The normalized spacial score (nSPS) is 28.9. The summed E-state index contributed by atoms with van der Waals surface area (Å²) >= 11 is 0. The van der Waals surface area contributed by atoms with Crippen LogP contribution in [0, 0.1) is 29.6 Å². The number of hydrogen-bond donors (Lipinski definition) is 1. The van der Waals surface area contributed by atoms with Crippen molar-refractivity contribution < 1.29 is 0 Å². The molecule has 0 heterocycles. The maximum Gasteiger partial charge on any atom is 0.00669 e. The third kappa shape index (κ3) is 5.87. The van der Waals surface area contributed by atoms with Gasteiger partial charge in [0.25, 0.3) is 0 Å². The minimum atomic E-state index is 0.663. The molecule has 0 spiro atoms. The molecule has 1 rings (SSSR count). The highest BCUT2D eigenvalue weighted by Crippen LogP contribution is 2.49. The summed E-state index contributed by atoms with van der Waals surface area (Å²) in [5.41, 5.74) is 0. The molecule has 6 atom stereocenters. The summed E-state index contributed by atoms with van der Waals surface area (Å²) in [5, 5.41) is 3.70. The molecule has 1 nitrogen and oxygen atoms in total. The molecule has 0 aromatic rings. The number of unbranched alkanes of at least 4 members (excludes halogenated alkanes) is 1. The quantitative estimate of drug-likeness (QED) is 0.447. The summed E-state index contributed by atoms with van der Waals surface area (Å²) in [5.74, 6) is 4.78. The van der Waals surface area contributed by atoms with Crippen molar-refractivity contribution in [2.24, 2.45) is 29.6 Å². The first-order valence-corrected chi connectivity index (χ1v) is 10.3. The second kappa shape index (κ2) is 10.7. The van der Waals surface area contributed by atoms with Gasteiger partial charge < -0.3 is 5.32 Å². The molecule has 1 aliphatic rings. The van der Waals surface area contributed by atoms with Gasteiger partial charge in [-0.05, 0) is 62.3 Å². The SMILES string of the molecule is CCCC[C@@H]1CC(CC(C)C(C)C(C)NCCC)C1CCC. The predicted molar refractivity (Wildman–Crippen MR) is 100 cm³/mol. The Morgan fingerprint density at radius 3 is 2.23 bits per heavy atom. The lowest BCUT2D eigenvalue weighted by Gasteiger charge is -2.47. The summed E-state index contributed by atoms with van der Waals surface area (Å²) < 4.78 is 0. The van der Waals surface area contributed by atoms with E-state index in [4.69, 9.17) is 0 Å². The van der Waals surface area contributed by atoms with E-state index in [2.05, 4.69) is 46.9 Å². The Morgan fingerprint density at radius 2 is 1.64 bits per heavy atom. The first-order valence-electron chi connectivity index (χ1n) is 10.3. The van der Waals surface area contributed by atoms with Crippen LogP contribution in [0.15, 0.2) is 0 Å². The molecule has 22 heavy (non-hydrogen) atoms. The summed E-state index contributed by atoms with van der Waals surface area (Å²) in [6, 6.07) is 0.663. The highest BCUT2D eigenvalue weighted by Gasteiger charge is 2.40. The molecular formula is C21H43N. The zero-order valence-electron chi connectivity index (χ0n) is 16.3. The molecule has 5 unspecified atom stereocenters. The molecule has 0 aromatic carbocycles. The second-order valence-electron chi connectivity index (χ2n) is 8.17. The molecule has 1 aliphatic carbocycles. The van der Waals surface area contributed by atoms with Gasteiger partial charge in [-0.15, -0.1) is 0 Å². The van der Waals surface area contributed by atoms with Gasteiger partial charge in [0, 0.05) is 6.04 Å². The Balaban J connectivity index is 2.40. The standard InChI is InChI=1S/C21H43N/c1-7-10-12-19-15-20(21(19)11-8-2)14-16(4)17(5)18(6)22-13-9-3/h16-22H,7-15H2,1-6H3/t16?,17?,18?,19-,20?,21?/m1/s1. The van der Waals surface area contributed by atoms with E-state index in [0.717, 1.165) is 29.6 Å². The smallest absolute Gasteiger partial charge is 0.00669 e. The zero-order chi connectivity index (χ0) is 16.5. The molecule has 132 valence electrons. The van der Waals surface area contributed by atoms with E-state index in [1.54, 1.807) is 0 Å². The van der Waals surface area contributed by atoms with E-state index in [0.29, 0.717) is 6.04 Å². The Morgan fingerprint density at radius 1 is 0.909 bits per heavy atom. The highest BCUT2D eigenvalue weighted by atomic mass is 14.9. The third-order valence-electron chi connectivity index (χ3n) is 6.44. The summed E-state index contributed by atoms with van der Waals surface area (Å²) in [6.45, 7) is 15.5. The Labute approximate surface area is 141 Å². The van der Waals surface area contributed by atoms with Crippen LogP contribution in [-0.2, 0) is 0 Å². The first kappa shape index (κ1) is 20.0. The fourth-order valence-electron chi connectivity index (χ4n) is 4.54. The van der Waals surface area contributed by atoms with Crippen molar-refractivity contribution in [1.29, 1.82) is 0 Å². The molecule has 0 radical (unpaired) electrons. The topological polar surface area (TPSA) is 12.0 Å². The highest BCUT2D eigenvalue weighted by molar-refractivity contribution is 4.90. The Hall–Kier alpha value is -0.0400. The van der Waals surface area contributed by atoms with Crippen molar-refractivity contribution in [3.8, 4) is 0 Å². The molecule has 0 aliphatic heterocycles. The van der Waals surface area contributed by atoms with E-state index in [-0.39, 0.29) is 0 Å². The van der Waals surface area contributed by atoms with E-state index in [1.165, 1.54) is 57.9 Å². The molecule has 1 saturated carbocycles. The largest absolute Gasteiger partial charge is 0.314 e. The number of nitrogens with one attached hydrogen (secondary N) is 1. The van der Waals surface area contributed by atoms with Crippen LogP contribution in [0.3, 0.4) is 0 Å². The van der Waals surface area contributed by atoms with Crippen LogP contribution in [0.25, 0.3) is 0 Å². The van der Waals surface area contributed by atoms with Crippen LogP contribution in [0.1, 0.15) is 92.9 Å². The number of rotatable bonds is 12. The molecule has 1 heteroatoms. The molecular weight excluding hydrogens is 266 g/mol. The lowest BCUT2D eigenvalue weighted by Crippen LogP contribution is -2.41. The molecule has 1 fully saturated rings. The van der Waals surface area contributed by atoms with Crippen LogP contribution in [0.4, 0.5) is 0 Å². The Kier molecular flexibility index (Phi) is 9.71. The third-order valence-corrected chi connectivity index (χ3v) is 6.44. The predicted octanol–water partition coefficient (Wildman–Crippen LogP) is 6.28. The molecule has 0 aromatic heterocycles. The van der Waals surface area contributed by atoms with Crippen LogP contribution in [0.5, 0.6) is 0 Å². The van der Waals surface area contributed by atoms with Crippen LogP contribution < -0.4 is 5.32 Å². The van der Waals surface area contributed by atoms with Gasteiger partial charge in [0.05, 0.1) is 0 Å². The maximum atomic E-state index is 3.70. The Bertz CT molecular complexity index is 275. The molecule has 1 N–H and O–H groups in total. The van der Waals surface area contributed by atoms with Gasteiger partial charge in [0.2, 0.25) is 0 Å². The van der Waals surface area contributed by atoms with E-state index in [9.17, 15) is 0 Å². The van der Waals surface area contributed by atoms with Crippen molar-refractivity contribution >= 4 is 0 Å². The van der Waals surface area contributed by atoms with E-state index >= 15 is 0 Å². The van der Waals surface area contributed by atoms with Crippen molar-refractivity contribution in [3.63, 3.8) is 0 Å². The maximum absolute atomic E-state index is 3.70. The summed E-state index contributed by atoms with van der Waals surface area (Å²) in [6.07, 6.45) is 11.4. The molecule has 0 amide bonds. The van der Waals surface area contributed by atoms with Crippen molar-refractivity contribution in [2.45, 2.75) is 99.0 Å². The van der Waals surface area contributed by atoms with Crippen LogP contribution in [-0.4, -0.2) is 12.6 Å². The lowest BCUT2D eigenvalue weighted by molar-refractivity contribution is 0.0287. The molecule has 0 bridgehead atoms.